The van der Waals surface area contributed by atoms with Crippen molar-refractivity contribution in [3.8, 4) is 5.69 Å². The summed E-state index contributed by atoms with van der Waals surface area (Å²) < 4.78 is 24.9. The largest absolute Gasteiger partial charge is 0.325 e. The lowest BCUT2D eigenvalue weighted by Gasteiger charge is -2.07. The second-order valence-corrected chi connectivity index (χ2v) is 6.42. The van der Waals surface area contributed by atoms with E-state index in [4.69, 9.17) is 5.73 Å². The van der Waals surface area contributed by atoms with Crippen LogP contribution in [-0.2, 0) is 27.9 Å². The molecule has 1 aliphatic rings. The maximum atomic E-state index is 11.6. The molecule has 5 nitrogen and oxygen atoms in total. The van der Waals surface area contributed by atoms with Crippen LogP contribution >= 0.6 is 0 Å². The third-order valence-corrected chi connectivity index (χ3v) is 4.53. The van der Waals surface area contributed by atoms with Gasteiger partial charge in [0, 0.05) is 12.1 Å². The van der Waals surface area contributed by atoms with Gasteiger partial charge in [0.15, 0.2) is 9.84 Å². The monoisotopic (exact) mass is 263 g/mol. The molecule has 0 fully saturated rings. The summed E-state index contributed by atoms with van der Waals surface area (Å²) in [6.45, 7) is 0.284. The first-order valence-electron chi connectivity index (χ1n) is 5.66. The molecule has 0 amide bonds. The second-order valence-electron chi connectivity index (χ2n) is 4.36. The molecule has 18 heavy (non-hydrogen) atoms. The van der Waals surface area contributed by atoms with E-state index >= 15 is 0 Å². The van der Waals surface area contributed by atoms with Gasteiger partial charge in [-0.05, 0) is 12.1 Å². The van der Waals surface area contributed by atoms with Crippen molar-refractivity contribution in [2.75, 3.05) is 0 Å². The SMILES string of the molecule is NCc1c2c(nn1-c1ccccc1)CS(=O)(=O)C2. The molecule has 0 bridgehead atoms. The van der Waals surface area contributed by atoms with Gasteiger partial charge in [-0.15, -0.1) is 0 Å². The Kier molecular flexibility index (Phi) is 2.49. The summed E-state index contributed by atoms with van der Waals surface area (Å²) in [6, 6.07) is 9.61. The van der Waals surface area contributed by atoms with E-state index in [-0.39, 0.29) is 18.1 Å². The highest BCUT2D eigenvalue weighted by molar-refractivity contribution is 7.90. The topological polar surface area (TPSA) is 78.0 Å². The Bertz CT molecular complexity index is 690. The van der Waals surface area contributed by atoms with Crippen molar-refractivity contribution >= 4 is 9.84 Å². The highest BCUT2D eigenvalue weighted by Crippen LogP contribution is 2.28. The highest BCUT2D eigenvalue weighted by Gasteiger charge is 2.31. The van der Waals surface area contributed by atoms with E-state index in [9.17, 15) is 8.42 Å². The summed E-state index contributed by atoms with van der Waals surface area (Å²) >= 11 is 0. The van der Waals surface area contributed by atoms with E-state index in [0.717, 1.165) is 16.9 Å². The van der Waals surface area contributed by atoms with Crippen LogP contribution in [0, 0.1) is 0 Å². The van der Waals surface area contributed by atoms with Crippen LogP contribution in [0.15, 0.2) is 30.3 Å². The van der Waals surface area contributed by atoms with E-state index in [0.29, 0.717) is 5.69 Å². The molecule has 2 aromatic rings. The van der Waals surface area contributed by atoms with E-state index < -0.39 is 9.84 Å². The smallest absolute Gasteiger partial charge is 0.160 e. The van der Waals surface area contributed by atoms with Gasteiger partial charge in [-0.1, -0.05) is 18.2 Å². The zero-order valence-electron chi connectivity index (χ0n) is 9.70. The standard InChI is InChI=1S/C12H13N3O2S/c13-6-12-10-7-18(16,17)8-11(10)14-15(12)9-4-2-1-3-5-9/h1-5H,6-8,13H2. The Morgan fingerprint density at radius 3 is 2.61 bits per heavy atom. The Morgan fingerprint density at radius 1 is 1.22 bits per heavy atom. The molecular weight excluding hydrogens is 250 g/mol. The minimum absolute atomic E-state index is 0.0230. The minimum atomic E-state index is -3.03. The average Bonchev–Trinajstić information content (AvgIpc) is 2.81. The highest BCUT2D eigenvalue weighted by atomic mass is 32.2. The summed E-state index contributed by atoms with van der Waals surface area (Å²) in [5.41, 5.74) is 8.85. The number of para-hydroxylation sites is 1. The Balaban J connectivity index is 2.16. The van der Waals surface area contributed by atoms with Crippen molar-refractivity contribution in [3.63, 3.8) is 0 Å². The van der Waals surface area contributed by atoms with Gasteiger partial charge in [0.2, 0.25) is 0 Å². The van der Waals surface area contributed by atoms with Crippen LogP contribution in [0.2, 0.25) is 0 Å². The predicted octanol–water partition coefficient (Wildman–Crippen LogP) is 0.759. The summed E-state index contributed by atoms with van der Waals surface area (Å²) in [5.74, 6) is 0.0802. The third-order valence-electron chi connectivity index (χ3n) is 3.09. The molecule has 1 aromatic carbocycles. The van der Waals surface area contributed by atoms with E-state index in [1.54, 1.807) is 4.68 Å². The number of nitrogens with zero attached hydrogens (tertiary/aromatic N) is 2. The molecule has 0 spiro atoms. The van der Waals surface area contributed by atoms with Crippen LogP contribution in [0.5, 0.6) is 0 Å². The Labute approximate surface area is 105 Å². The molecule has 0 saturated heterocycles. The lowest BCUT2D eigenvalue weighted by Crippen LogP contribution is -2.10. The minimum Gasteiger partial charge on any atom is -0.325 e. The van der Waals surface area contributed by atoms with Crippen molar-refractivity contribution in [1.29, 1.82) is 0 Å². The van der Waals surface area contributed by atoms with Gasteiger partial charge in [0.1, 0.15) is 0 Å². The number of hydrogen-bond donors (Lipinski definition) is 1. The van der Waals surface area contributed by atoms with Crippen LogP contribution in [0.4, 0.5) is 0 Å². The van der Waals surface area contributed by atoms with Gasteiger partial charge >= 0.3 is 0 Å². The van der Waals surface area contributed by atoms with Crippen molar-refractivity contribution in [3.05, 3.63) is 47.3 Å². The molecule has 0 aliphatic carbocycles. The molecular formula is C12H13N3O2S. The van der Waals surface area contributed by atoms with Crippen LogP contribution in [-0.4, -0.2) is 18.2 Å². The molecule has 0 radical (unpaired) electrons. The summed E-state index contributed by atoms with van der Waals surface area (Å²) in [7, 11) is -3.03. The lowest BCUT2D eigenvalue weighted by molar-refractivity contribution is 0.596. The second kappa shape index (κ2) is 3.93. The van der Waals surface area contributed by atoms with Crippen LogP contribution < -0.4 is 5.73 Å². The number of fused-ring (bicyclic) bond motifs is 1. The molecule has 94 valence electrons. The molecule has 2 N–H and O–H groups in total. The molecule has 3 rings (SSSR count). The fraction of sp³-hybridized carbons (Fsp3) is 0.250. The van der Waals surface area contributed by atoms with Gasteiger partial charge in [-0.25, -0.2) is 13.1 Å². The molecule has 0 unspecified atom stereocenters. The van der Waals surface area contributed by atoms with E-state index in [1.807, 2.05) is 30.3 Å². The quantitative estimate of drug-likeness (QED) is 0.867. The zero-order valence-corrected chi connectivity index (χ0v) is 10.5. The predicted molar refractivity (Wildman–Crippen MR) is 67.8 cm³/mol. The van der Waals surface area contributed by atoms with E-state index in [1.165, 1.54) is 0 Å². The molecule has 2 heterocycles. The first kappa shape index (κ1) is 11.4. The van der Waals surface area contributed by atoms with Gasteiger partial charge in [0.05, 0.1) is 28.6 Å². The molecule has 0 saturated carbocycles. The number of aromatic nitrogens is 2. The molecule has 1 aromatic heterocycles. The number of benzene rings is 1. The molecule has 6 heteroatoms. The average molecular weight is 263 g/mol. The zero-order chi connectivity index (χ0) is 12.8. The van der Waals surface area contributed by atoms with Gasteiger partial charge < -0.3 is 5.73 Å². The maximum absolute atomic E-state index is 11.6. The van der Waals surface area contributed by atoms with Crippen molar-refractivity contribution < 1.29 is 8.42 Å². The lowest BCUT2D eigenvalue weighted by atomic mass is 10.2. The van der Waals surface area contributed by atoms with Gasteiger partial charge in [-0.3, -0.25) is 0 Å². The van der Waals surface area contributed by atoms with Crippen molar-refractivity contribution in [2.45, 2.75) is 18.1 Å². The maximum Gasteiger partial charge on any atom is 0.160 e. The van der Waals surface area contributed by atoms with Crippen molar-refractivity contribution in [1.82, 2.24) is 9.78 Å². The Morgan fingerprint density at radius 2 is 1.94 bits per heavy atom. The fourth-order valence-electron chi connectivity index (χ4n) is 2.29. The van der Waals surface area contributed by atoms with Crippen LogP contribution in [0.3, 0.4) is 0 Å². The van der Waals surface area contributed by atoms with Gasteiger partial charge in [-0.2, -0.15) is 5.10 Å². The first-order chi connectivity index (χ1) is 8.61. The van der Waals surface area contributed by atoms with Crippen molar-refractivity contribution in [2.24, 2.45) is 5.73 Å². The molecule has 0 atom stereocenters. The summed E-state index contributed by atoms with van der Waals surface area (Å²) in [5, 5.41) is 4.38. The normalized spacial score (nSPS) is 16.7. The summed E-state index contributed by atoms with van der Waals surface area (Å²) in [6.07, 6.45) is 0. The van der Waals surface area contributed by atoms with Crippen LogP contribution in [0.1, 0.15) is 17.0 Å². The number of nitrogens with two attached hydrogens (primary N) is 1. The van der Waals surface area contributed by atoms with Gasteiger partial charge in [0.25, 0.3) is 0 Å². The number of hydrogen-bond acceptors (Lipinski definition) is 4. The number of rotatable bonds is 2. The Hall–Kier alpha value is -1.66. The summed E-state index contributed by atoms with van der Waals surface area (Å²) in [4.78, 5) is 0. The third kappa shape index (κ3) is 1.74. The fourth-order valence-corrected chi connectivity index (χ4v) is 3.81. The number of sulfone groups is 1. The van der Waals surface area contributed by atoms with E-state index in [2.05, 4.69) is 5.10 Å². The van der Waals surface area contributed by atoms with Crippen LogP contribution in [0.25, 0.3) is 5.69 Å². The molecule has 1 aliphatic heterocycles. The first-order valence-corrected chi connectivity index (χ1v) is 7.48.